The highest BCUT2D eigenvalue weighted by Crippen LogP contribution is 2.44. The number of alkyl carbamates (subject to hydrolysis) is 1. The van der Waals surface area contributed by atoms with Gasteiger partial charge in [-0.2, -0.15) is 0 Å². The number of benzene rings is 3. The van der Waals surface area contributed by atoms with E-state index in [1.807, 2.05) is 82.3 Å². The van der Waals surface area contributed by atoms with Crippen LogP contribution in [0.25, 0.3) is 17.2 Å². The highest BCUT2D eigenvalue weighted by atomic mass is 16.7. The van der Waals surface area contributed by atoms with Crippen molar-refractivity contribution in [1.82, 2.24) is 10.6 Å². The highest BCUT2D eigenvalue weighted by molar-refractivity contribution is 6.56. The third-order valence-electron chi connectivity index (χ3n) is 8.31. The Morgan fingerprint density at radius 1 is 0.878 bits per heavy atom. The third kappa shape index (κ3) is 6.09. The van der Waals surface area contributed by atoms with Crippen molar-refractivity contribution < 1.29 is 23.6 Å². The minimum absolute atomic E-state index is 0.0143. The second-order valence-electron chi connectivity index (χ2n) is 11.6. The molecule has 41 heavy (non-hydrogen) atoms. The van der Waals surface area contributed by atoms with E-state index < -0.39 is 24.4 Å². The van der Waals surface area contributed by atoms with Crippen LogP contribution in [0.5, 0.6) is 0 Å². The number of hydrogen-bond donors (Lipinski definition) is 2. The number of ether oxygens (including phenoxy) is 1. The molecule has 0 unspecified atom stereocenters. The fourth-order valence-corrected chi connectivity index (χ4v) is 5.24. The molecular weight excluding hydrogens is 515 g/mol. The minimum Gasteiger partial charge on any atom is -0.449 e. The van der Waals surface area contributed by atoms with Gasteiger partial charge in [0.2, 0.25) is 5.91 Å². The molecule has 2 amide bonds. The molecule has 5 rings (SSSR count). The van der Waals surface area contributed by atoms with Gasteiger partial charge >= 0.3 is 13.2 Å². The van der Waals surface area contributed by atoms with Crippen LogP contribution in [0.3, 0.4) is 0 Å². The second kappa shape index (κ2) is 11.5. The summed E-state index contributed by atoms with van der Waals surface area (Å²) in [5.74, 6) is -0.0574. The number of likely N-dealkylation sites (N-methyl/N-ethyl adjacent to an activating group) is 1. The minimum atomic E-state index is -0.639. The number of rotatable bonds is 8. The van der Waals surface area contributed by atoms with Crippen LogP contribution in [-0.2, 0) is 25.3 Å². The van der Waals surface area contributed by atoms with Crippen molar-refractivity contribution in [2.24, 2.45) is 0 Å². The van der Waals surface area contributed by atoms with Crippen molar-refractivity contribution in [3.8, 4) is 11.1 Å². The summed E-state index contributed by atoms with van der Waals surface area (Å²) in [6.45, 7) is 8.42. The van der Waals surface area contributed by atoms with Crippen LogP contribution in [0, 0.1) is 0 Å². The monoisotopic (exact) mass is 552 g/mol. The Hall–Kier alpha value is -3.88. The summed E-state index contributed by atoms with van der Waals surface area (Å²) in [5, 5.41) is 5.55. The fraction of sp³-hybridized carbons (Fsp3) is 0.333. The maximum absolute atomic E-state index is 12.9. The van der Waals surface area contributed by atoms with E-state index in [0.717, 1.165) is 16.6 Å². The number of fused-ring (bicyclic) bond motifs is 3. The zero-order valence-electron chi connectivity index (χ0n) is 24.3. The Morgan fingerprint density at radius 2 is 1.44 bits per heavy atom. The van der Waals surface area contributed by atoms with Crippen LogP contribution in [0.4, 0.5) is 4.79 Å². The predicted octanol–water partition coefficient (Wildman–Crippen LogP) is 5.53. The molecule has 0 radical (unpaired) electrons. The van der Waals surface area contributed by atoms with Gasteiger partial charge in [-0.15, -0.1) is 0 Å². The topological polar surface area (TPSA) is 85.9 Å². The molecule has 1 fully saturated rings. The zero-order chi connectivity index (χ0) is 29.2. The van der Waals surface area contributed by atoms with Crippen LogP contribution >= 0.6 is 0 Å². The lowest BCUT2D eigenvalue weighted by Crippen LogP contribution is -2.41. The molecule has 2 aliphatic rings. The Labute approximate surface area is 242 Å². The lowest BCUT2D eigenvalue weighted by atomic mass is 9.77. The van der Waals surface area contributed by atoms with Gasteiger partial charge in [-0.25, -0.2) is 4.79 Å². The van der Waals surface area contributed by atoms with Crippen molar-refractivity contribution in [2.75, 3.05) is 20.2 Å². The van der Waals surface area contributed by atoms with E-state index in [-0.39, 0.29) is 25.0 Å². The first-order valence-corrected chi connectivity index (χ1v) is 14.0. The van der Waals surface area contributed by atoms with Crippen LogP contribution in [-0.4, -0.2) is 50.5 Å². The summed E-state index contributed by atoms with van der Waals surface area (Å²) < 4.78 is 18.4. The van der Waals surface area contributed by atoms with Crippen LogP contribution in [0.2, 0.25) is 0 Å². The summed E-state index contributed by atoms with van der Waals surface area (Å²) in [4.78, 5) is 24.7. The molecule has 8 heteroatoms. The van der Waals surface area contributed by atoms with Gasteiger partial charge in [0, 0.05) is 19.5 Å². The molecule has 3 aromatic carbocycles. The van der Waals surface area contributed by atoms with Gasteiger partial charge in [0.05, 0.1) is 17.6 Å². The van der Waals surface area contributed by atoms with Gasteiger partial charge < -0.3 is 24.7 Å². The summed E-state index contributed by atoms with van der Waals surface area (Å²) in [7, 11) is 0.985. The third-order valence-corrected chi connectivity index (χ3v) is 8.31. The average molecular weight is 552 g/mol. The first kappa shape index (κ1) is 28.6. The Morgan fingerprint density at radius 3 is 2.00 bits per heavy atom. The molecule has 7 nitrogen and oxygen atoms in total. The molecule has 2 N–H and O–H groups in total. The summed E-state index contributed by atoms with van der Waals surface area (Å²) in [6.07, 6.45) is 1.76. The second-order valence-corrected chi connectivity index (χ2v) is 11.6. The first-order chi connectivity index (χ1) is 19.6. The molecule has 0 spiro atoms. The number of nitrogens with one attached hydrogen (secondary N) is 2. The molecule has 212 valence electrons. The van der Waals surface area contributed by atoms with E-state index in [0.29, 0.717) is 6.42 Å². The highest BCUT2D eigenvalue weighted by Gasteiger charge is 2.52. The SMILES string of the molecule is CNC(=O)Cc1ccc(C=C(CNC(=O)OCC2c3ccccc3-c3ccccc32)B2OC(C)(C)C(C)(C)O2)cc1. The predicted molar refractivity (Wildman–Crippen MR) is 161 cm³/mol. The van der Waals surface area contributed by atoms with E-state index in [1.165, 1.54) is 22.3 Å². The first-order valence-electron chi connectivity index (χ1n) is 14.0. The Balaban J connectivity index is 1.29. The van der Waals surface area contributed by atoms with Crippen molar-refractivity contribution in [3.05, 3.63) is 101 Å². The van der Waals surface area contributed by atoms with E-state index in [2.05, 4.69) is 34.9 Å². The van der Waals surface area contributed by atoms with Gasteiger partial charge in [-0.05, 0) is 66.5 Å². The normalized spacial score (nSPS) is 17.1. The standard InChI is InChI=1S/C33H37BN2O5/c1-32(2)33(3,4)41-34(40-32)24(18-22-14-16-23(17-15-22)19-30(37)35-5)20-36-31(38)39-21-29-27-12-8-6-10-25(27)26-11-7-9-13-28(26)29/h6-18,29H,19-21H2,1-5H3,(H,35,37)(H,36,38). The van der Waals surface area contributed by atoms with E-state index in [9.17, 15) is 9.59 Å². The van der Waals surface area contributed by atoms with E-state index in [1.54, 1.807) is 7.05 Å². The molecule has 1 aliphatic heterocycles. The van der Waals surface area contributed by atoms with Crippen LogP contribution in [0.15, 0.2) is 78.3 Å². The molecule has 0 aromatic heterocycles. The summed E-state index contributed by atoms with van der Waals surface area (Å²) >= 11 is 0. The van der Waals surface area contributed by atoms with Crippen molar-refractivity contribution >= 4 is 25.2 Å². The van der Waals surface area contributed by atoms with Crippen molar-refractivity contribution in [1.29, 1.82) is 0 Å². The largest absolute Gasteiger partial charge is 0.492 e. The van der Waals surface area contributed by atoms with Crippen LogP contribution < -0.4 is 10.6 Å². The van der Waals surface area contributed by atoms with Gasteiger partial charge in [-0.1, -0.05) is 78.9 Å². The van der Waals surface area contributed by atoms with Crippen molar-refractivity contribution in [2.45, 2.75) is 51.2 Å². The lowest BCUT2D eigenvalue weighted by molar-refractivity contribution is -0.119. The number of hydrogen-bond acceptors (Lipinski definition) is 5. The van der Waals surface area contributed by atoms with Gasteiger partial charge in [0.1, 0.15) is 6.61 Å². The maximum Gasteiger partial charge on any atom is 0.492 e. The molecule has 0 saturated carbocycles. The molecule has 1 aliphatic carbocycles. The Kier molecular flexibility index (Phi) is 8.07. The molecule has 0 atom stereocenters. The average Bonchev–Trinajstić information content (AvgIpc) is 3.39. The van der Waals surface area contributed by atoms with E-state index >= 15 is 0 Å². The summed E-state index contributed by atoms with van der Waals surface area (Å²) in [5.41, 5.74) is 6.22. The number of amides is 2. The Bertz CT molecular complexity index is 1400. The summed E-state index contributed by atoms with van der Waals surface area (Å²) in [6, 6.07) is 24.2. The van der Waals surface area contributed by atoms with Crippen molar-refractivity contribution in [3.63, 3.8) is 0 Å². The maximum atomic E-state index is 12.9. The van der Waals surface area contributed by atoms with E-state index in [4.69, 9.17) is 14.0 Å². The molecule has 3 aromatic rings. The number of carbonyl (C=O) groups excluding carboxylic acids is 2. The molecule has 1 saturated heterocycles. The zero-order valence-corrected chi connectivity index (χ0v) is 24.3. The van der Waals surface area contributed by atoms with Gasteiger partial charge in [-0.3, -0.25) is 4.79 Å². The van der Waals surface area contributed by atoms with Gasteiger partial charge in [0.25, 0.3) is 0 Å². The van der Waals surface area contributed by atoms with Gasteiger partial charge in [0.15, 0.2) is 0 Å². The lowest BCUT2D eigenvalue weighted by Gasteiger charge is -2.32. The molecule has 0 bridgehead atoms. The fourth-order valence-electron chi connectivity index (χ4n) is 5.24. The van der Waals surface area contributed by atoms with Crippen LogP contribution in [0.1, 0.15) is 55.9 Å². The molecule has 1 heterocycles. The number of carbonyl (C=O) groups is 2. The smallest absolute Gasteiger partial charge is 0.449 e. The quantitative estimate of drug-likeness (QED) is 0.359. The molecular formula is C33H37BN2O5.